The van der Waals surface area contributed by atoms with Crippen LogP contribution in [0.15, 0.2) is 66.3 Å². The molecule has 2 heterocycles. The lowest BCUT2D eigenvalue weighted by Gasteiger charge is -2.32. The lowest BCUT2D eigenvalue weighted by Crippen LogP contribution is -2.49. The van der Waals surface area contributed by atoms with Crippen LogP contribution in [0.4, 0.5) is 5.69 Å². The third kappa shape index (κ3) is 6.05. The minimum Gasteiger partial charge on any atom is -0.497 e. The highest BCUT2D eigenvalue weighted by Gasteiger charge is 2.34. The van der Waals surface area contributed by atoms with Gasteiger partial charge < -0.3 is 15.4 Å². The summed E-state index contributed by atoms with van der Waals surface area (Å²) in [7, 11) is 1.55. The third-order valence-corrected chi connectivity index (χ3v) is 6.82. The number of carbonyl (C=O) groups is 3. The zero-order valence-corrected chi connectivity index (χ0v) is 20.3. The highest BCUT2D eigenvalue weighted by atomic mass is 32.1. The number of benzene rings is 1. The summed E-state index contributed by atoms with van der Waals surface area (Å²) in [5.41, 5.74) is 1.05. The smallest absolute Gasteiger partial charge is 0.261 e. The van der Waals surface area contributed by atoms with Crippen molar-refractivity contribution >= 4 is 34.7 Å². The Labute approximate surface area is 208 Å². The molecule has 0 bridgehead atoms. The van der Waals surface area contributed by atoms with Crippen LogP contribution < -0.4 is 20.3 Å². The maximum absolute atomic E-state index is 13.7. The second-order valence-corrected chi connectivity index (χ2v) is 9.25. The van der Waals surface area contributed by atoms with Crippen molar-refractivity contribution in [2.24, 2.45) is 0 Å². The van der Waals surface area contributed by atoms with Crippen molar-refractivity contribution in [3.8, 4) is 5.75 Å². The second kappa shape index (κ2) is 11.6. The van der Waals surface area contributed by atoms with Crippen molar-refractivity contribution in [2.45, 2.75) is 37.8 Å². The number of ether oxygens (including phenoxy) is 1. The summed E-state index contributed by atoms with van der Waals surface area (Å²) in [6.07, 6.45) is 7.09. The number of aromatic nitrogens is 1. The van der Waals surface area contributed by atoms with Gasteiger partial charge >= 0.3 is 0 Å². The summed E-state index contributed by atoms with van der Waals surface area (Å²) in [6.45, 7) is -0.275. The highest BCUT2D eigenvalue weighted by Crippen LogP contribution is 2.30. The summed E-state index contributed by atoms with van der Waals surface area (Å²) in [6, 6.07) is 13.1. The molecule has 1 fully saturated rings. The van der Waals surface area contributed by atoms with E-state index in [0.717, 1.165) is 25.7 Å². The molecule has 2 N–H and O–H groups in total. The van der Waals surface area contributed by atoms with Crippen molar-refractivity contribution in [1.29, 1.82) is 0 Å². The molecule has 1 unspecified atom stereocenters. The number of nitrogens with zero attached hydrogens (tertiary/aromatic N) is 2. The molecule has 4 rings (SSSR count). The van der Waals surface area contributed by atoms with Gasteiger partial charge in [-0.25, -0.2) is 0 Å². The molecule has 2 aromatic heterocycles. The first-order chi connectivity index (χ1) is 17.1. The molecule has 182 valence electrons. The highest BCUT2D eigenvalue weighted by molar-refractivity contribution is 7.12. The first kappa shape index (κ1) is 24.4. The number of pyridine rings is 1. The normalized spacial score (nSPS) is 14.2. The number of anilines is 1. The van der Waals surface area contributed by atoms with Gasteiger partial charge in [0.1, 0.15) is 11.8 Å². The number of hydrogen-bond donors (Lipinski definition) is 2. The predicted molar refractivity (Wildman–Crippen MR) is 135 cm³/mol. The first-order valence-electron chi connectivity index (χ1n) is 11.5. The monoisotopic (exact) mass is 492 g/mol. The van der Waals surface area contributed by atoms with Crippen LogP contribution in [0.1, 0.15) is 47.0 Å². The Bertz CT molecular complexity index is 1150. The predicted octanol–water partition coefficient (Wildman–Crippen LogP) is 3.71. The van der Waals surface area contributed by atoms with E-state index in [1.165, 1.54) is 22.4 Å². The van der Waals surface area contributed by atoms with Gasteiger partial charge in [-0.15, -0.1) is 11.3 Å². The molecular weight excluding hydrogens is 464 g/mol. The van der Waals surface area contributed by atoms with Crippen molar-refractivity contribution in [3.63, 3.8) is 0 Å². The van der Waals surface area contributed by atoms with Crippen LogP contribution in [0, 0.1) is 0 Å². The van der Waals surface area contributed by atoms with Gasteiger partial charge in [0.05, 0.1) is 30.4 Å². The SMILES string of the molecule is COc1cccc(C(C(=O)NC2CCCC2)N(C(=O)CNC(=O)c2cccs2)c2cccnc2)c1. The van der Waals surface area contributed by atoms with Crippen LogP contribution in [0.5, 0.6) is 5.75 Å². The molecule has 0 radical (unpaired) electrons. The van der Waals surface area contributed by atoms with Gasteiger partial charge in [-0.3, -0.25) is 24.3 Å². The minimum atomic E-state index is -0.971. The molecule has 3 aromatic rings. The van der Waals surface area contributed by atoms with Crippen molar-refractivity contribution < 1.29 is 19.1 Å². The summed E-state index contributed by atoms with van der Waals surface area (Å²) in [4.78, 5) is 45.8. The third-order valence-electron chi connectivity index (χ3n) is 5.96. The first-order valence-corrected chi connectivity index (χ1v) is 12.4. The van der Waals surface area contributed by atoms with E-state index >= 15 is 0 Å². The van der Waals surface area contributed by atoms with E-state index in [0.29, 0.717) is 21.9 Å². The molecule has 0 saturated heterocycles. The van der Waals surface area contributed by atoms with Crippen molar-refractivity contribution in [1.82, 2.24) is 15.6 Å². The largest absolute Gasteiger partial charge is 0.497 e. The van der Waals surface area contributed by atoms with Crippen LogP contribution in [0.25, 0.3) is 0 Å². The molecule has 9 heteroatoms. The van der Waals surface area contributed by atoms with Gasteiger partial charge in [0.25, 0.3) is 5.91 Å². The van der Waals surface area contributed by atoms with Crippen LogP contribution in [0.3, 0.4) is 0 Å². The number of hydrogen-bond acceptors (Lipinski definition) is 6. The van der Waals surface area contributed by atoms with Crippen molar-refractivity contribution in [3.05, 3.63) is 76.7 Å². The Morgan fingerprint density at radius 1 is 1.14 bits per heavy atom. The summed E-state index contributed by atoms with van der Waals surface area (Å²) in [5.74, 6) is -0.484. The molecule has 1 aliphatic carbocycles. The quantitative estimate of drug-likeness (QED) is 0.474. The average Bonchev–Trinajstić information content (AvgIpc) is 3.61. The fourth-order valence-corrected chi connectivity index (χ4v) is 4.89. The number of rotatable bonds is 9. The van der Waals surface area contributed by atoms with E-state index in [4.69, 9.17) is 4.74 Å². The van der Waals surface area contributed by atoms with E-state index in [1.54, 1.807) is 67.2 Å². The van der Waals surface area contributed by atoms with E-state index in [9.17, 15) is 14.4 Å². The molecule has 0 aliphatic heterocycles. The molecule has 1 atom stereocenters. The van der Waals surface area contributed by atoms with Gasteiger partial charge in [-0.05, 0) is 54.1 Å². The van der Waals surface area contributed by atoms with E-state index < -0.39 is 11.9 Å². The maximum atomic E-state index is 13.7. The molecule has 8 nitrogen and oxygen atoms in total. The number of methoxy groups -OCH3 is 1. The lowest BCUT2D eigenvalue weighted by molar-refractivity contribution is -0.126. The fourth-order valence-electron chi connectivity index (χ4n) is 4.25. The maximum Gasteiger partial charge on any atom is 0.261 e. The lowest BCUT2D eigenvalue weighted by atomic mass is 10.0. The van der Waals surface area contributed by atoms with Crippen molar-refractivity contribution in [2.75, 3.05) is 18.6 Å². The Morgan fingerprint density at radius 2 is 1.97 bits per heavy atom. The zero-order chi connectivity index (χ0) is 24.6. The standard InChI is InChI=1S/C26H28N4O4S/c1-34-21-11-4-7-18(15-21)24(26(33)29-19-8-2-3-9-19)30(20-10-5-13-27-16-20)23(31)17-28-25(32)22-12-6-14-35-22/h4-7,10-16,19,24H,2-3,8-9,17H2,1H3,(H,28,32)(H,29,33). The second-order valence-electron chi connectivity index (χ2n) is 8.30. The topological polar surface area (TPSA) is 101 Å². The van der Waals surface area contributed by atoms with Gasteiger partial charge in [0.15, 0.2) is 0 Å². The molecule has 1 saturated carbocycles. The Balaban J connectivity index is 1.68. The van der Waals surface area contributed by atoms with Gasteiger partial charge in [0, 0.05) is 12.2 Å². The molecule has 1 aromatic carbocycles. The number of nitrogens with one attached hydrogen (secondary N) is 2. The fraction of sp³-hybridized carbons (Fsp3) is 0.308. The number of carbonyl (C=O) groups excluding carboxylic acids is 3. The molecule has 1 aliphatic rings. The molecular formula is C26H28N4O4S. The summed E-state index contributed by atoms with van der Waals surface area (Å²) < 4.78 is 5.38. The van der Waals surface area contributed by atoms with Gasteiger partial charge in [0.2, 0.25) is 11.8 Å². The number of amides is 3. The molecule has 0 spiro atoms. The van der Waals surface area contributed by atoms with E-state index in [-0.39, 0.29) is 24.4 Å². The summed E-state index contributed by atoms with van der Waals surface area (Å²) in [5, 5.41) is 7.60. The molecule has 3 amide bonds. The minimum absolute atomic E-state index is 0.0694. The van der Waals surface area contributed by atoms with E-state index in [1.807, 2.05) is 0 Å². The van der Waals surface area contributed by atoms with Crippen LogP contribution in [-0.4, -0.2) is 42.4 Å². The number of thiophene rings is 1. The van der Waals surface area contributed by atoms with Crippen LogP contribution in [0.2, 0.25) is 0 Å². The Morgan fingerprint density at radius 3 is 2.66 bits per heavy atom. The van der Waals surface area contributed by atoms with Crippen LogP contribution >= 0.6 is 11.3 Å². The van der Waals surface area contributed by atoms with E-state index in [2.05, 4.69) is 15.6 Å². The Kier molecular flexibility index (Phi) is 8.10. The Hall–Kier alpha value is -3.72. The van der Waals surface area contributed by atoms with Crippen LogP contribution in [-0.2, 0) is 9.59 Å². The average molecular weight is 493 g/mol. The molecule has 35 heavy (non-hydrogen) atoms. The zero-order valence-electron chi connectivity index (χ0n) is 19.5. The van der Waals surface area contributed by atoms with Gasteiger partial charge in [-0.1, -0.05) is 31.0 Å². The van der Waals surface area contributed by atoms with Gasteiger partial charge in [-0.2, -0.15) is 0 Å². The summed E-state index contributed by atoms with van der Waals surface area (Å²) >= 11 is 1.29.